The molecule has 0 radical (unpaired) electrons. The number of hydrogen-bond donors (Lipinski definition) is 2. The van der Waals surface area contributed by atoms with Crippen molar-refractivity contribution < 1.29 is 14.7 Å². The second-order valence-electron chi connectivity index (χ2n) is 4.92. The number of carbonyl (C=O) groups is 2. The summed E-state index contributed by atoms with van der Waals surface area (Å²) >= 11 is 0. The highest BCUT2D eigenvalue weighted by atomic mass is 16.4. The van der Waals surface area contributed by atoms with E-state index >= 15 is 0 Å². The number of amides is 1. The van der Waals surface area contributed by atoms with Crippen LogP contribution in [0, 0.1) is 0 Å². The summed E-state index contributed by atoms with van der Waals surface area (Å²) in [5.41, 5.74) is 4.75. The van der Waals surface area contributed by atoms with Crippen LogP contribution in [0.5, 0.6) is 0 Å². The van der Waals surface area contributed by atoms with Crippen molar-refractivity contribution in [1.82, 2.24) is 4.90 Å². The first-order chi connectivity index (χ1) is 7.93. The van der Waals surface area contributed by atoms with Crippen LogP contribution in [0.25, 0.3) is 0 Å². The van der Waals surface area contributed by atoms with Crippen molar-refractivity contribution in [2.45, 2.75) is 57.5 Å². The maximum atomic E-state index is 12.1. The molecule has 5 heteroatoms. The van der Waals surface area contributed by atoms with Gasteiger partial charge in [0.2, 0.25) is 5.91 Å². The van der Waals surface area contributed by atoms with Crippen LogP contribution < -0.4 is 5.73 Å². The summed E-state index contributed by atoms with van der Waals surface area (Å²) in [5, 5.41) is 9.21. The Kier molecular flexibility index (Phi) is 4.51. The molecule has 0 aliphatic carbocycles. The standard InChI is InChI=1S/C12H22N2O3/c1-3-4-6-9(13)10(15)14-8-5-7-12(14,2)11(16)17/h9H,3-8,13H2,1-2H3,(H,16,17). The fourth-order valence-corrected chi connectivity index (χ4v) is 2.29. The van der Waals surface area contributed by atoms with E-state index in [0.717, 1.165) is 19.3 Å². The number of carbonyl (C=O) groups excluding carboxylic acids is 1. The van der Waals surface area contributed by atoms with E-state index in [1.165, 1.54) is 4.90 Å². The summed E-state index contributed by atoms with van der Waals surface area (Å²) in [5.74, 6) is -1.16. The Balaban J connectivity index is 2.71. The SMILES string of the molecule is CCCCC(N)C(=O)N1CCCC1(C)C(=O)O. The maximum absolute atomic E-state index is 12.1. The van der Waals surface area contributed by atoms with Crippen molar-refractivity contribution in [3.8, 4) is 0 Å². The van der Waals surface area contributed by atoms with E-state index in [1.54, 1.807) is 6.92 Å². The Morgan fingerprint density at radius 3 is 2.71 bits per heavy atom. The minimum absolute atomic E-state index is 0.221. The fraction of sp³-hybridized carbons (Fsp3) is 0.833. The maximum Gasteiger partial charge on any atom is 0.329 e. The molecule has 17 heavy (non-hydrogen) atoms. The molecule has 3 N–H and O–H groups in total. The van der Waals surface area contributed by atoms with Gasteiger partial charge < -0.3 is 15.7 Å². The molecule has 5 nitrogen and oxygen atoms in total. The lowest BCUT2D eigenvalue weighted by Crippen LogP contribution is -2.55. The van der Waals surface area contributed by atoms with Gasteiger partial charge in [-0.05, 0) is 26.2 Å². The average Bonchev–Trinajstić information content (AvgIpc) is 2.68. The van der Waals surface area contributed by atoms with Crippen LogP contribution in [0.15, 0.2) is 0 Å². The molecule has 1 heterocycles. The number of likely N-dealkylation sites (tertiary alicyclic amines) is 1. The molecule has 0 aromatic heterocycles. The minimum atomic E-state index is -1.07. The third-order valence-corrected chi connectivity index (χ3v) is 3.55. The Morgan fingerprint density at radius 1 is 1.53 bits per heavy atom. The third kappa shape index (κ3) is 2.77. The van der Waals surface area contributed by atoms with E-state index < -0.39 is 17.6 Å². The average molecular weight is 242 g/mol. The molecular weight excluding hydrogens is 220 g/mol. The number of rotatable bonds is 5. The van der Waals surface area contributed by atoms with Gasteiger partial charge in [0.05, 0.1) is 6.04 Å². The normalized spacial score (nSPS) is 25.9. The molecule has 2 atom stereocenters. The number of carboxylic acid groups (broad SMARTS) is 1. The van der Waals surface area contributed by atoms with E-state index in [4.69, 9.17) is 5.73 Å². The predicted octanol–water partition coefficient (Wildman–Crippen LogP) is 0.970. The van der Waals surface area contributed by atoms with E-state index in [0.29, 0.717) is 19.4 Å². The van der Waals surface area contributed by atoms with Crippen molar-refractivity contribution >= 4 is 11.9 Å². The Morgan fingerprint density at radius 2 is 2.18 bits per heavy atom. The molecule has 0 aromatic rings. The molecule has 1 fully saturated rings. The molecule has 1 rings (SSSR count). The first-order valence-corrected chi connectivity index (χ1v) is 6.24. The van der Waals surface area contributed by atoms with Crippen molar-refractivity contribution in [2.24, 2.45) is 5.73 Å². The monoisotopic (exact) mass is 242 g/mol. The van der Waals surface area contributed by atoms with Gasteiger partial charge in [-0.2, -0.15) is 0 Å². The Labute approximate surface area is 102 Å². The van der Waals surface area contributed by atoms with E-state index in [2.05, 4.69) is 0 Å². The van der Waals surface area contributed by atoms with Gasteiger partial charge in [0, 0.05) is 6.54 Å². The molecule has 1 aliphatic rings. The zero-order valence-electron chi connectivity index (χ0n) is 10.6. The van der Waals surface area contributed by atoms with Crippen molar-refractivity contribution in [3.05, 3.63) is 0 Å². The van der Waals surface area contributed by atoms with Gasteiger partial charge in [-0.3, -0.25) is 4.79 Å². The molecule has 2 unspecified atom stereocenters. The lowest BCUT2D eigenvalue weighted by Gasteiger charge is -2.33. The van der Waals surface area contributed by atoms with Crippen LogP contribution in [-0.2, 0) is 9.59 Å². The first-order valence-electron chi connectivity index (χ1n) is 6.24. The van der Waals surface area contributed by atoms with Crippen molar-refractivity contribution in [3.63, 3.8) is 0 Å². The van der Waals surface area contributed by atoms with E-state index in [9.17, 15) is 14.7 Å². The molecular formula is C12H22N2O3. The first kappa shape index (κ1) is 14.0. The Hall–Kier alpha value is -1.10. The number of aliphatic carboxylic acids is 1. The highest BCUT2D eigenvalue weighted by Crippen LogP contribution is 2.30. The third-order valence-electron chi connectivity index (χ3n) is 3.55. The second kappa shape index (κ2) is 5.49. The van der Waals surface area contributed by atoms with Crippen LogP contribution >= 0.6 is 0 Å². The van der Waals surface area contributed by atoms with Gasteiger partial charge >= 0.3 is 5.97 Å². The molecule has 1 amide bonds. The predicted molar refractivity (Wildman–Crippen MR) is 64.5 cm³/mol. The topological polar surface area (TPSA) is 83.6 Å². The van der Waals surface area contributed by atoms with E-state index in [1.807, 2.05) is 6.92 Å². The number of hydrogen-bond acceptors (Lipinski definition) is 3. The smallest absolute Gasteiger partial charge is 0.329 e. The Bertz CT molecular complexity index is 306. The molecule has 1 saturated heterocycles. The molecule has 0 saturated carbocycles. The zero-order valence-corrected chi connectivity index (χ0v) is 10.6. The summed E-state index contributed by atoms with van der Waals surface area (Å²) in [6, 6.07) is -0.563. The van der Waals surface area contributed by atoms with Crippen LogP contribution in [0.4, 0.5) is 0 Å². The van der Waals surface area contributed by atoms with Crippen LogP contribution in [0.2, 0.25) is 0 Å². The quantitative estimate of drug-likeness (QED) is 0.752. The van der Waals surface area contributed by atoms with Gasteiger partial charge in [0.15, 0.2) is 0 Å². The molecule has 0 spiro atoms. The number of nitrogens with zero attached hydrogens (tertiary/aromatic N) is 1. The van der Waals surface area contributed by atoms with Gasteiger partial charge in [-0.15, -0.1) is 0 Å². The summed E-state index contributed by atoms with van der Waals surface area (Å²) < 4.78 is 0. The lowest BCUT2D eigenvalue weighted by atomic mass is 9.98. The summed E-state index contributed by atoms with van der Waals surface area (Å²) in [7, 11) is 0. The van der Waals surface area contributed by atoms with Crippen LogP contribution in [0.3, 0.4) is 0 Å². The fourth-order valence-electron chi connectivity index (χ4n) is 2.29. The summed E-state index contributed by atoms with van der Waals surface area (Å²) in [6.45, 7) is 4.14. The number of unbranched alkanes of at least 4 members (excludes halogenated alkanes) is 1. The highest BCUT2D eigenvalue weighted by Gasteiger charge is 2.46. The van der Waals surface area contributed by atoms with Gasteiger partial charge in [0.1, 0.15) is 5.54 Å². The van der Waals surface area contributed by atoms with Crippen LogP contribution in [-0.4, -0.2) is 40.0 Å². The van der Waals surface area contributed by atoms with Gasteiger partial charge in [-0.25, -0.2) is 4.79 Å². The summed E-state index contributed by atoms with van der Waals surface area (Å²) in [4.78, 5) is 24.8. The number of carboxylic acids is 1. The zero-order chi connectivity index (χ0) is 13.1. The number of nitrogens with two attached hydrogens (primary N) is 1. The van der Waals surface area contributed by atoms with Crippen molar-refractivity contribution in [1.29, 1.82) is 0 Å². The highest BCUT2D eigenvalue weighted by molar-refractivity contribution is 5.89. The van der Waals surface area contributed by atoms with Crippen LogP contribution in [0.1, 0.15) is 46.0 Å². The molecule has 98 valence electrons. The van der Waals surface area contributed by atoms with E-state index in [-0.39, 0.29) is 5.91 Å². The minimum Gasteiger partial charge on any atom is -0.480 e. The van der Waals surface area contributed by atoms with Gasteiger partial charge in [-0.1, -0.05) is 19.8 Å². The largest absolute Gasteiger partial charge is 0.480 e. The molecule has 1 aliphatic heterocycles. The van der Waals surface area contributed by atoms with Gasteiger partial charge in [0.25, 0.3) is 0 Å². The molecule has 0 bridgehead atoms. The summed E-state index contributed by atoms with van der Waals surface area (Å²) in [6.07, 6.45) is 3.74. The lowest BCUT2D eigenvalue weighted by molar-refractivity contribution is -0.155. The molecule has 0 aromatic carbocycles. The second-order valence-corrected chi connectivity index (χ2v) is 4.92. The van der Waals surface area contributed by atoms with Crippen molar-refractivity contribution in [2.75, 3.05) is 6.54 Å².